The molecule has 0 spiro atoms. The molecule has 0 amide bonds. The summed E-state index contributed by atoms with van der Waals surface area (Å²) >= 11 is 0. The van der Waals surface area contributed by atoms with Crippen LogP contribution in [0.3, 0.4) is 0 Å². The highest BCUT2D eigenvalue weighted by atomic mass is 16.5. The molecule has 0 saturated heterocycles. The summed E-state index contributed by atoms with van der Waals surface area (Å²) in [6.45, 7) is 6.12. The van der Waals surface area contributed by atoms with Gasteiger partial charge in [-0.15, -0.1) is 0 Å². The molecule has 1 N–H and O–H groups in total. The Balaban J connectivity index is 2.75. The zero-order valence-corrected chi connectivity index (χ0v) is 12.8. The number of rotatable bonds is 9. The molecular weight excluding hydrogens is 264 g/mol. The van der Waals surface area contributed by atoms with Gasteiger partial charge in [0, 0.05) is 0 Å². The molecule has 0 aliphatic carbocycles. The fourth-order valence-corrected chi connectivity index (χ4v) is 1.96. The van der Waals surface area contributed by atoms with E-state index in [1.807, 2.05) is 49.4 Å². The molecule has 1 aromatic rings. The number of para-hydroxylation sites is 1. The average Bonchev–Trinajstić information content (AvgIpc) is 2.54. The van der Waals surface area contributed by atoms with Crippen molar-refractivity contribution in [2.75, 3.05) is 20.3 Å². The molecule has 1 rings (SSSR count). The lowest BCUT2D eigenvalue weighted by Gasteiger charge is -2.11. The van der Waals surface area contributed by atoms with Gasteiger partial charge in [0.05, 0.1) is 13.7 Å². The SMILES string of the molecule is C=C/C(=C\C(=C/C)OC)CCc1ccccc1OCCO. The fraction of sp³-hybridized carbons (Fsp3) is 0.333. The highest BCUT2D eigenvalue weighted by Crippen LogP contribution is 2.22. The minimum atomic E-state index is 0.0185. The third kappa shape index (κ3) is 5.88. The quantitative estimate of drug-likeness (QED) is 0.557. The molecule has 0 unspecified atom stereocenters. The van der Waals surface area contributed by atoms with Crippen molar-refractivity contribution in [1.82, 2.24) is 0 Å². The molecule has 0 aliphatic heterocycles. The highest BCUT2D eigenvalue weighted by molar-refractivity contribution is 5.35. The monoisotopic (exact) mass is 288 g/mol. The van der Waals surface area contributed by atoms with Gasteiger partial charge < -0.3 is 14.6 Å². The second kappa shape index (κ2) is 9.83. The van der Waals surface area contributed by atoms with E-state index in [1.165, 1.54) is 0 Å². The molecule has 3 nitrogen and oxygen atoms in total. The van der Waals surface area contributed by atoms with Gasteiger partial charge >= 0.3 is 0 Å². The maximum atomic E-state index is 8.86. The van der Waals surface area contributed by atoms with E-state index >= 15 is 0 Å². The summed E-state index contributed by atoms with van der Waals surface area (Å²) < 4.78 is 10.8. The van der Waals surface area contributed by atoms with E-state index in [-0.39, 0.29) is 6.61 Å². The van der Waals surface area contributed by atoms with Crippen LogP contribution in [0.15, 0.2) is 60.4 Å². The smallest absolute Gasteiger partial charge is 0.122 e. The van der Waals surface area contributed by atoms with Gasteiger partial charge in [0.15, 0.2) is 0 Å². The molecule has 3 heteroatoms. The van der Waals surface area contributed by atoms with Gasteiger partial charge in [-0.25, -0.2) is 0 Å². The van der Waals surface area contributed by atoms with Crippen LogP contribution in [0.4, 0.5) is 0 Å². The Morgan fingerprint density at radius 1 is 1.33 bits per heavy atom. The van der Waals surface area contributed by atoms with E-state index in [4.69, 9.17) is 14.6 Å². The number of ether oxygens (including phenoxy) is 2. The molecule has 0 bridgehead atoms. The maximum Gasteiger partial charge on any atom is 0.122 e. The average molecular weight is 288 g/mol. The molecule has 0 fully saturated rings. The van der Waals surface area contributed by atoms with Crippen molar-refractivity contribution in [1.29, 1.82) is 0 Å². The van der Waals surface area contributed by atoms with Crippen LogP contribution >= 0.6 is 0 Å². The molecule has 0 radical (unpaired) electrons. The standard InChI is InChI=1S/C18H24O3/c1-4-15(14-17(5-2)20-3)10-11-16-8-6-7-9-18(16)21-13-12-19/h4-9,14,19H,1,10-13H2,2-3H3/b15-14+,17-5+. The predicted molar refractivity (Wildman–Crippen MR) is 86.4 cm³/mol. The van der Waals surface area contributed by atoms with Crippen LogP contribution in [0, 0.1) is 0 Å². The molecule has 0 atom stereocenters. The molecule has 114 valence electrons. The van der Waals surface area contributed by atoms with E-state index in [1.54, 1.807) is 7.11 Å². The summed E-state index contributed by atoms with van der Waals surface area (Å²) in [4.78, 5) is 0. The normalized spacial score (nSPS) is 12.1. The van der Waals surface area contributed by atoms with Gasteiger partial charge in [-0.2, -0.15) is 0 Å². The lowest BCUT2D eigenvalue weighted by atomic mass is 10.0. The fourth-order valence-electron chi connectivity index (χ4n) is 1.96. The molecule has 0 aromatic heterocycles. The third-order valence-electron chi connectivity index (χ3n) is 3.11. The Morgan fingerprint density at radius 2 is 2.10 bits per heavy atom. The topological polar surface area (TPSA) is 38.7 Å². The first-order valence-corrected chi connectivity index (χ1v) is 7.10. The molecule has 1 aromatic carbocycles. The Hall–Kier alpha value is -2.00. The Labute approximate surface area is 127 Å². The van der Waals surface area contributed by atoms with Crippen LogP contribution in [0.1, 0.15) is 18.9 Å². The largest absolute Gasteiger partial charge is 0.497 e. The van der Waals surface area contributed by atoms with E-state index in [0.717, 1.165) is 35.5 Å². The third-order valence-corrected chi connectivity index (χ3v) is 3.11. The number of benzene rings is 1. The first-order valence-electron chi connectivity index (χ1n) is 7.10. The summed E-state index contributed by atoms with van der Waals surface area (Å²) in [5, 5.41) is 8.86. The lowest BCUT2D eigenvalue weighted by molar-refractivity contribution is 0.200. The van der Waals surface area contributed by atoms with Gasteiger partial charge in [0.25, 0.3) is 0 Å². The zero-order chi connectivity index (χ0) is 15.5. The van der Waals surface area contributed by atoms with Crippen molar-refractivity contribution >= 4 is 0 Å². The number of hydrogen-bond donors (Lipinski definition) is 1. The van der Waals surface area contributed by atoms with Crippen LogP contribution in [-0.2, 0) is 11.2 Å². The van der Waals surface area contributed by atoms with Crippen LogP contribution in [0.5, 0.6) is 5.75 Å². The van der Waals surface area contributed by atoms with Gasteiger partial charge in [0.1, 0.15) is 18.1 Å². The van der Waals surface area contributed by atoms with E-state index in [9.17, 15) is 0 Å². The van der Waals surface area contributed by atoms with Crippen LogP contribution in [-0.4, -0.2) is 25.4 Å². The number of aliphatic hydroxyl groups excluding tert-OH is 1. The minimum Gasteiger partial charge on any atom is -0.497 e. The van der Waals surface area contributed by atoms with Gasteiger partial charge in [0.2, 0.25) is 0 Å². The molecule has 0 saturated carbocycles. The van der Waals surface area contributed by atoms with E-state index in [0.29, 0.717) is 6.61 Å². The molecule has 0 aliphatic rings. The Bertz CT molecular complexity index is 501. The van der Waals surface area contributed by atoms with Crippen LogP contribution in [0.25, 0.3) is 0 Å². The van der Waals surface area contributed by atoms with Crippen molar-refractivity contribution in [3.63, 3.8) is 0 Å². The summed E-state index contributed by atoms with van der Waals surface area (Å²) in [6, 6.07) is 7.89. The van der Waals surface area contributed by atoms with Crippen LogP contribution < -0.4 is 4.74 Å². The lowest BCUT2D eigenvalue weighted by Crippen LogP contribution is -2.04. The van der Waals surface area contributed by atoms with Crippen molar-refractivity contribution in [2.45, 2.75) is 19.8 Å². The predicted octanol–water partition coefficient (Wildman–Crippen LogP) is 3.65. The highest BCUT2D eigenvalue weighted by Gasteiger charge is 2.04. The first kappa shape index (κ1) is 17.1. The summed E-state index contributed by atoms with van der Waals surface area (Å²) in [7, 11) is 1.66. The van der Waals surface area contributed by atoms with Gasteiger partial charge in [-0.05, 0) is 49.1 Å². The minimum absolute atomic E-state index is 0.0185. The van der Waals surface area contributed by atoms with Crippen molar-refractivity contribution < 1.29 is 14.6 Å². The number of aryl methyl sites for hydroxylation is 1. The van der Waals surface area contributed by atoms with Crippen LogP contribution in [0.2, 0.25) is 0 Å². The van der Waals surface area contributed by atoms with Crippen molar-refractivity contribution in [2.24, 2.45) is 0 Å². The first-order chi connectivity index (χ1) is 10.2. The summed E-state index contributed by atoms with van der Waals surface area (Å²) in [6.07, 6.45) is 7.45. The van der Waals surface area contributed by atoms with Gasteiger partial charge in [-0.3, -0.25) is 0 Å². The van der Waals surface area contributed by atoms with Crippen molar-refractivity contribution in [3.8, 4) is 5.75 Å². The maximum absolute atomic E-state index is 8.86. The van der Waals surface area contributed by atoms with E-state index < -0.39 is 0 Å². The second-order valence-electron chi connectivity index (χ2n) is 4.50. The number of aliphatic hydroxyl groups is 1. The molecular formula is C18H24O3. The molecule has 0 heterocycles. The summed E-state index contributed by atoms with van der Waals surface area (Å²) in [5.74, 6) is 1.66. The Morgan fingerprint density at radius 3 is 2.71 bits per heavy atom. The van der Waals surface area contributed by atoms with Gasteiger partial charge in [-0.1, -0.05) is 30.9 Å². The second-order valence-corrected chi connectivity index (χ2v) is 4.50. The number of hydrogen-bond acceptors (Lipinski definition) is 3. The Kier molecular flexibility index (Phi) is 7.99. The summed E-state index contributed by atoms with van der Waals surface area (Å²) in [5.41, 5.74) is 2.24. The number of methoxy groups -OCH3 is 1. The molecule has 21 heavy (non-hydrogen) atoms. The van der Waals surface area contributed by atoms with Crippen molar-refractivity contribution in [3.05, 3.63) is 66.0 Å². The van der Waals surface area contributed by atoms with E-state index in [2.05, 4.69) is 6.58 Å². The number of allylic oxidation sites excluding steroid dienone is 4. The zero-order valence-electron chi connectivity index (χ0n) is 12.8.